The molecule has 0 spiro atoms. The van der Waals surface area contributed by atoms with Crippen LogP contribution in [0.15, 0.2) is 12.1 Å². The van der Waals surface area contributed by atoms with E-state index in [1.807, 2.05) is 6.07 Å². The van der Waals surface area contributed by atoms with Crippen LogP contribution >= 0.6 is 11.6 Å². The molecule has 0 saturated heterocycles. The predicted molar refractivity (Wildman–Crippen MR) is 60.8 cm³/mol. The molecule has 0 heterocycles. The molecule has 0 saturated carbocycles. The van der Waals surface area contributed by atoms with E-state index in [9.17, 15) is 5.11 Å². The van der Waals surface area contributed by atoms with E-state index in [1.165, 1.54) is 12.8 Å². The molecule has 0 aliphatic carbocycles. The lowest BCUT2D eigenvalue weighted by Crippen LogP contribution is -1.93. The van der Waals surface area contributed by atoms with Crippen LogP contribution in [0.2, 0.25) is 5.02 Å². The van der Waals surface area contributed by atoms with Crippen LogP contribution < -0.4 is 5.73 Å². The van der Waals surface area contributed by atoms with Gasteiger partial charge in [-0.05, 0) is 24.5 Å². The first-order valence-electron chi connectivity index (χ1n) is 4.92. The quantitative estimate of drug-likeness (QED) is 0.458. The number of aromatic hydroxyl groups is 1. The van der Waals surface area contributed by atoms with Crippen molar-refractivity contribution in [2.45, 2.75) is 32.6 Å². The van der Waals surface area contributed by atoms with Gasteiger partial charge in [-0.2, -0.15) is 0 Å². The molecule has 0 aromatic heterocycles. The van der Waals surface area contributed by atoms with Crippen molar-refractivity contribution >= 4 is 17.3 Å². The first-order chi connectivity index (χ1) is 6.66. The molecule has 2 nitrogen and oxygen atoms in total. The molecular weight excluding hydrogens is 198 g/mol. The third kappa shape index (κ3) is 2.55. The van der Waals surface area contributed by atoms with Crippen molar-refractivity contribution in [3.8, 4) is 5.75 Å². The first-order valence-corrected chi connectivity index (χ1v) is 5.30. The largest absolute Gasteiger partial charge is 0.505 e. The standard InChI is InChI=1S/C11H16ClNO/c1-2-3-4-5-8-6-7-9(12)10(13)11(8)14/h6-7,14H,2-5,13H2,1H3. The Kier molecular flexibility index (Phi) is 4.08. The van der Waals surface area contributed by atoms with Crippen LogP contribution in [0.3, 0.4) is 0 Å². The van der Waals surface area contributed by atoms with Crippen molar-refractivity contribution in [2.24, 2.45) is 0 Å². The van der Waals surface area contributed by atoms with E-state index in [2.05, 4.69) is 6.92 Å². The number of nitrogen functional groups attached to an aromatic ring is 1. The Hall–Kier alpha value is -0.890. The minimum Gasteiger partial charge on any atom is -0.505 e. The summed E-state index contributed by atoms with van der Waals surface area (Å²) in [5.74, 6) is 0.147. The number of unbranched alkanes of at least 4 members (excludes halogenated alkanes) is 2. The maximum atomic E-state index is 9.67. The molecule has 0 unspecified atom stereocenters. The number of phenols is 1. The van der Waals surface area contributed by atoms with Gasteiger partial charge in [-0.25, -0.2) is 0 Å². The summed E-state index contributed by atoms with van der Waals surface area (Å²) in [4.78, 5) is 0. The van der Waals surface area contributed by atoms with E-state index in [0.29, 0.717) is 10.7 Å². The van der Waals surface area contributed by atoms with Crippen molar-refractivity contribution in [2.75, 3.05) is 5.73 Å². The average Bonchev–Trinajstić information content (AvgIpc) is 2.18. The number of hydrogen-bond donors (Lipinski definition) is 2. The molecule has 1 rings (SSSR count). The summed E-state index contributed by atoms with van der Waals surface area (Å²) in [5.41, 5.74) is 6.79. The number of phenolic OH excluding ortho intramolecular Hbond substituents is 1. The zero-order valence-electron chi connectivity index (χ0n) is 8.39. The van der Waals surface area contributed by atoms with Crippen LogP contribution in [0.5, 0.6) is 5.75 Å². The Morgan fingerprint density at radius 2 is 2.07 bits per heavy atom. The fourth-order valence-electron chi connectivity index (χ4n) is 1.40. The van der Waals surface area contributed by atoms with Crippen molar-refractivity contribution in [1.82, 2.24) is 0 Å². The van der Waals surface area contributed by atoms with Gasteiger partial charge < -0.3 is 10.8 Å². The molecule has 0 amide bonds. The lowest BCUT2D eigenvalue weighted by molar-refractivity contribution is 0.469. The highest BCUT2D eigenvalue weighted by molar-refractivity contribution is 6.33. The molecule has 3 N–H and O–H groups in total. The number of aryl methyl sites for hydroxylation is 1. The molecule has 0 atom stereocenters. The van der Waals surface area contributed by atoms with E-state index in [1.54, 1.807) is 6.07 Å². The Bertz CT molecular complexity index is 312. The van der Waals surface area contributed by atoms with Gasteiger partial charge in [-0.3, -0.25) is 0 Å². The van der Waals surface area contributed by atoms with E-state index >= 15 is 0 Å². The molecule has 0 fully saturated rings. The molecule has 1 aromatic carbocycles. The van der Waals surface area contributed by atoms with Gasteiger partial charge in [0.05, 0.1) is 10.7 Å². The first kappa shape index (κ1) is 11.2. The number of rotatable bonds is 4. The highest BCUT2D eigenvalue weighted by atomic mass is 35.5. The monoisotopic (exact) mass is 213 g/mol. The van der Waals surface area contributed by atoms with Gasteiger partial charge in [-0.15, -0.1) is 0 Å². The van der Waals surface area contributed by atoms with E-state index in [-0.39, 0.29) is 5.75 Å². The molecule has 78 valence electrons. The Balaban J connectivity index is 2.73. The molecule has 3 heteroatoms. The van der Waals surface area contributed by atoms with Gasteiger partial charge >= 0.3 is 0 Å². The van der Waals surface area contributed by atoms with Crippen molar-refractivity contribution in [3.63, 3.8) is 0 Å². The maximum absolute atomic E-state index is 9.67. The average molecular weight is 214 g/mol. The zero-order chi connectivity index (χ0) is 10.6. The normalized spacial score (nSPS) is 10.4. The Morgan fingerprint density at radius 3 is 2.71 bits per heavy atom. The zero-order valence-corrected chi connectivity index (χ0v) is 9.14. The van der Waals surface area contributed by atoms with Crippen molar-refractivity contribution < 1.29 is 5.11 Å². The smallest absolute Gasteiger partial charge is 0.143 e. The molecule has 0 aliphatic rings. The SMILES string of the molecule is CCCCCc1ccc(Cl)c(N)c1O. The topological polar surface area (TPSA) is 46.2 Å². The fraction of sp³-hybridized carbons (Fsp3) is 0.455. The molecule has 1 aromatic rings. The van der Waals surface area contributed by atoms with Crippen LogP contribution in [-0.2, 0) is 6.42 Å². The van der Waals surface area contributed by atoms with Gasteiger partial charge in [-0.1, -0.05) is 37.4 Å². The summed E-state index contributed by atoms with van der Waals surface area (Å²) in [7, 11) is 0. The minimum atomic E-state index is 0.147. The number of anilines is 1. The predicted octanol–water partition coefficient (Wildman–Crippen LogP) is 3.36. The number of halogens is 1. The summed E-state index contributed by atoms with van der Waals surface area (Å²) in [6.45, 7) is 2.15. The second-order valence-electron chi connectivity index (χ2n) is 3.43. The van der Waals surface area contributed by atoms with E-state index in [0.717, 1.165) is 18.4 Å². The van der Waals surface area contributed by atoms with E-state index < -0.39 is 0 Å². The van der Waals surface area contributed by atoms with Crippen LogP contribution in [-0.4, -0.2) is 5.11 Å². The second kappa shape index (κ2) is 5.11. The van der Waals surface area contributed by atoms with Gasteiger partial charge in [0.25, 0.3) is 0 Å². The number of nitrogens with two attached hydrogens (primary N) is 1. The second-order valence-corrected chi connectivity index (χ2v) is 3.83. The molecule has 0 radical (unpaired) electrons. The van der Waals surface area contributed by atoms with Gasteiger partial charge in [0.2, 0.25) is 0 Å². The highest BCUT2D eigenvalue weighted by Crippen LogP contribution is 2.32. The van der Waals surface area contributed by atoms with Gasteiger partial charge in [0.1, 0.15) is 5.75 Å². The van der Waals surface area contributed by atoms with Crippen LogP contribution in [0.25, 0.3) is 0 Å². The number of hydrogen-bond acceptors (Lipinski definition) is 2. The van der Waals surface area contributed by atoms with E-state index in [4.69, 9.17) is 17.3 Å². The lowest BCUT2D eigenvalue weighted by Gasteiger charge is -2.07. The summed E-state index contributed by atoms with van der Waals surface area (Å²) in [6.07, 6.45) is 4.28. The number of benzene rings is 1. The van der Waals surface area contributed by atoms with Gasteiger partial charge in [0.15, 0.2) is 0 Å². The minimum absolute atomic E-state index is 0.147. The third-order valence-corrected chi connectivity index (χ3v) is 2.63. The van der Waals surface area contributed by atoms with Crippen molar-refractivity contribution in [1.29, 1.82) is 0 Å². The summed E-state index contributed by atoms with van der Waals surface area (Å²) in [6, 6.07) is 3.57. The summed E-state index contributed by atoms with van der Waals surface area (Å²) < 4.78 is 0. The van der Waals surface area contributed by atoms with Crippen molar-refractivity contribution in [3.05, 3.63) is 22.7 Å². The fourth-order valence-corrected chi connectivity index (χ4v) is 1.55. The third-order valence-electron chi connectivity index (χ3n) is 2.30. The van der Waals surface area contributed by atoms with Gasteiger partial charge in [0, 0.05) is 0 Å². The Morgan fingerprint density at radius 1 is 1.36 bits per heavy atom. The van der Waals surface area contributed by atoms with Crippen LogP contribution in [0, 0.1) is 0 Å². The highest BCUT2D eigenvalue weighted by Gasteiger charge is 2.07. The molecule has 0 bridgehead atoms. The summed E-state index contributed by atoms with van der Waals surface area (Å²) in [5, 5.41) is 10.1. The molecule has 0 aliphatic heterocycles. The maximum Gasteiger partial charge on any atom is 0.143 e. The molecule has 14 heavy (non-hydrogen) atoms. The molecular formula is C11H16ClNO. The van der Waals surface area contributed by atoms with Crippen LogP contribution in [0.4, 0.5) is 5.69 Å². The Labute approximate surface area is 89.7 Å². The summed E-state index contributed by atoms with van der Waals surface area (Å²) >= 11 is 5.76. The lowest BCUT2D eigenvalue weighted by atomic mass is 10.1. The van der Waals surface area contributed by atoms with Crippen LogP contribution in [0.1, 0.15) is 31.7 Å².